The lowest BCUT2D eigenvalue weighted by molar-refractivity contribution is -0.247. The van der Waals surface area contributed by atoms with Crippen LogP contribution in [0.15, 0.2) is 24.4 Å². The first-order valence-corrected chi connectivity index (χ1v) is 5.59. The van der Waals surface area contributed by atoms with Crippen LogP contribution in [0.1, 0.15) is 11.1 Å². The smallest absolute Gasteiger partial charge is 0.228 e. The van der Waals surface area contributed by atoms with Crippen molar-refractivity contribution in [1.82, 2.24) is 9.88 Å². The van der Waals surface area contributed by atoms with E-state index in [4.69, 9.17) is 0 Å². The second kappa shape index (κ2) is 4.14. The van der Waals surface area contributed by atoms with Gasteiger partial charge < -0.3 is 15.2 Å². The fraction of sp³-hybridized carbons (Fsp3) is 0.385. The summed E-state index contributed by atoms with van der Waals surface area (Å²) in [5, 5.41) is 20.8. The van der Waals surface area contributed by atoms with E-state index in [0.29, 0.717) is 0 Å². The average Bonchev–Trinajstić information content (AvgIpc) is 2.60. The highest BCUT2D eigenvalue weighted by atomic mass is 16.5. The van der Waals surface area contributed by atoms with Gasteiger partial charge in [0.05, 0.1) is 0 Å². The van der Waals surface area contributed by atoms with Crippen LogP contribution >= 0.6 is 0 Å². The van der Waals surface area contributed by atoms with Crippen molar-refractivity contribution in [1.29, 1.82) is 0 Å². The number of hydrogen-bond acceptors (Lipinski definition) is 3. The standard InChI is InChI=1S/C13H18N2O2/c1-9-4-5-12-11(6-9)10(8-14-12)7-13(16,17)15(2)3/h4-6,8,14,16-17H,7H2,1-3H3. The number of aromatic nitrogens is 1. The van der Waals surface area contributed by atoms with Crippen LogP contribution in [-0.2, 0) is 6.42 Å². The van der Waals surface area contributed by atoms with Crippen molar-refractivity contribution in [3.05, 3.63) is 35.5 Å². The quantitative estimate of drug-likeness (QED) is 0.700. The minimum absolute atomic E-state index is 0.170. The zero-order valence-corrected chi connectivity index (χ0v) is 10.4. The van der Waals surface area contributed by atoms with E-state index in [2.05, 4.69) is 4.98 Å². The molecule has 3 N–H and O–H groups in total. The maximum absolute atomic E-state index is 9.86. The van der Waals surface area contributed by atoms with Gasteiger partial charge in [0.25, 0.3) is 0 Å². The van der Waals surface area contributed by atoms with E-state index in [-0.39, 0.29) is 6.42 Å². The van der Waals surface area contributed by atoms with Crippen molar-refractivity contribution in [3.8, 4) is 0 Å². The SMILES string of the molecule is Cc1ccc2[nH]cc(CC(O)(O)N(C)C)c2c1. The van der Waals surface area contributed by atoms with Crippen LogP contribution in [0, 0.1) is 6.92 Å². The van der Waals surface area contributed by atoms with Gasteiger partial charge in [-0.2, -0.15) is 0 Å². The fourth-order valence-corrected chi connectivity index (χ4v) is 1.85. The lowest BCUT2D eigenvalue weighted by Gasteiger charge is -2.28. The van der Waals surface area contributed by atoms with Gasteiger partial charge in [0, 0.05) is 23.5 Å². The van der Waals surface area contributed by atoms with E-state index < -0.39 is 5.91 Å². The summed E-state index contributed by atoms with van der Waals surface area (Å²) >= 11 is 0. The second-order valence-corrected chi connectivity index (χ2v) is 4.71. The minimum atomic E-state index is -1.82. The third kappa shape index (κ3) is 2.34. The molecule has 1 aromatic carbocycles. The van der Waals surface area contributed by atoms with Crippen molar-refractivity contribution in [2.24, 2.45) is 0 Å². The van der Waals surface area contributed by atoms with E-state index in [1.54, 1.807) is 14.1 Å². The van der Waals surface area contributed by atoms with E-state index in [9.17, 15) is 10.2 Å². The summed E-state index contributed by atoms with van der Waals surface area (Å²) in [6, 6.07) is 6.08. The molecule has 0 bridgehead atoms. The molecule has 0 aliphatic rings. The Morgan fingerprint density at radius 1 is 1.29 bits per heavy atom. The van der Waals surface area contributed by atoms with Crippen LogP contribution in [0.4, 0.5) is 0 Å². The number of aliphatic hydroxyl groups is 2. The predicted octanol–water partition coefficient (Wildman–Crippen LogP) is 1.22. The molecule has 0 aliphatic carbocycles. The molecule has 17 heavy (non-hydrogen) atoms. The summed E-state index contributed by atoms with van der Waals surface area (Å²) in [6.07, 6.45) is 2.00. The number of H-pyrrole nitrogens is 1. The average molecular weight is 234 g/mol. The number of fused-ring (bicyclic) bond motifs is 1. The third-order valence-electron chi connectivity index (χ3n) is 3.07. The first kappa shape index (κ1) is 12.1. The largest absolute Gasteiger partial charge is 0.361 e. The van der Waals surface area contributed by atoms with Gasteiger partial charge in [0.2, 0.25) is 5.91 Å². The molecule has 0 saturated heterocycles. The Hall–Kier alpha value is -1.36. The number of hydrogen-bond donors (Lipinski definition) is 3. The van der Waals surface area contributed by atoms with Gasteiger partial charge in [-0.05, 0) is 38.7 Å². The van der Waals surface area contributed by atoms with E-state index in [1.165, 1.54) is 4.90 Å². The zero-order chi connectivity index (χ0) is 12.6. The van der Waals surface area contributed by atoms with Crippen LogP contribution in [0.25, 0.3) is 10.9 Å². The summed E-state index contributed by atoms with van der Waals surface area (Å²) in [6.45, 7) is 2.02. The van der Waals surface area contributed by atoms with Gasteiger partial charge in [-0.25, -0.2) is 0 Å². The Balaban J connectivity index is 2.40. The van der Waals surface area contributed by atoms with Gasteiger partial charge >= 0.3 is 0 Å². The van der Waals surface area contributed by atoms with Crippen molar-refractivity contribution < 1.29 is 10.2 Å². The number of nitrogens with one attached hydrogen (secondary N) is 1. The number of benzene rings is 1. The fourth-order valence-electron chi connectivity index (χ4n) is 1.85. The minimum Gasteiger partial charge on any atom is -0.361 e. The molecule has 0 atom stereocenters. The summed E-state index contributed by atoms with van der Waals surface area (Å²) in [5.41, 5.74) is 3.08. The Kier molecular flexibility index (Phi) is 2.95. The summed E-state index contributed by atoms with van der Waals surface area (Å²) in [5.74, 6) is -1.82. The molecule has 4 heteroatoms. The number of aryl methyl sites for hydroxylation is 1. The van der Waals surface area contributed by atoms with Crippen LogP contribution in [-0.4, -0.2) is 40.1 Å². The van der Waals surface area contributed by atoms with Crippen molar-refractivity contribution in [3.63, 3.8) is 0 Å². The molecular weight excluding hydrogens is 216 g/mol. The Labute approximate surface area is 100 Å². The first-order chi connectivity index (χ1) is 7.90. The highest BCUT2D eigenvalue weighted by molar-refractivity contribution is 5.83. The Morgan fingerprint density at radius 3 is 2.65 bits per heavy atom. The molecule has 0 fully saturated rings. The molecule has 1 heterocycles. The number of rotatable bonds is 3. The lowest BCUT2D eigenvalue weighted by atomic mass is 10.1. The number of nitrogens with zero attached hydrogens (tertiary/aromatic N) is 1. The van der Waals surface area contributed by atoms with Gasteiger partial charge in [-0.3, -0.25) is 4.90 Å². The molecule has 0 amide bonds. The molecule has 0 aliphatic heterocycles. The molecule has 0 spiro atoms. The molecule has 1 aromatic heterocycles. The summed E-state index contributed by atoms with van der Waals surface area (Å²) in [7, 11) is 3.28. The van der Waals surface area contributed by atoms with Gasteiger partial charge in [0.15, 0.2) is 0 Å². The molecule has 0 saturated carbocycles. The van der Waals surface area contributed by atoms with Crippen molar-refractivity contribution in [2.75, 3.05) is 14.1 Å². The lowest BCUT2D eigenvalue weighted by Crippen LogP contribution is -2.45. The van der Waals surface area contributed by atoms with Gasteiger partial charge in [0.1, 0.15) is 0 Å². The monoisotopic (exact) mass is 234 g/mol. The maximum Gasteiger partial charge on any atom is 0.228 e. The Morgan fingerprint density at radius 2 is 2.00 bits per heavy atom. The zero-order valence-electron chi connectivity index (χ0n) is 10.4. The molecule has 0 unspecified atom stereocenters. The third-order valence-corrected chi connectivity index (χ3v) is 3.07. The van der Waals surface area contributed by atoms with E-state index in [0.717, 1.165) is 22.0 Å². The Bertz CT molecular complexity index is 529. The molecule has 2 rings (SSSR count). The van der Waals surface area contributed by atoms with Gasteiger partial charge in [-0.15, -0.1) is 0 Å². The van der Waals surface area contributed by atoms with Crippen LogP contribution in [0.5, 0.6) is 0 Å². The van der Waals surface area contributed by atoms with Crippen LogP contribution < -0.4 is 0 Å². The van der Waals surface area contributed by atoms with Crippen LogP contribution in [0.3, 0.4) is 0 Å². The van der Waals surface area contributed by atoms with E-state index in [1.807, 2.05) is 31.3 Å². The summed E-state index contributed by atoms with van der Waals surface area (Å²) < 4.78 is 0. The molecular formula is C13H18N2O2. The van der Waals surface area contributed by atoms with Crippen LogP contribution in [0.2, 0.25) is 0 Å². The first-order valence-electron chi connectivity index (χ1n) is 5.59. The maximum atomic E-state index is 9.86. The predicted molar refractivity (Wildman–Crippen MR) is 67.6 cm³/mol. The van der Waals surface area contributed by atoms with Gasteiger partial charge in [-0.1, -0.05) is 11.6 Å². The summed E-state index contributed by atoms with van der Waals surface area (Å²) in [4.78, 5) is 4.53. The van der Waals surface area contributed by atoms with E-state index >= 15 is 0 Å². The second-order valence-electron chi connectivity index (χ2n) is 4.71. The van der Waals surface area contributed by atoms with Crippen molar-refractivity contribution >= 4 is 10.9 Å². The molecule has 0 radical (unpaired) electrons. The van der Waals surface area contributed by atoms with Crippen molar-refractivity contribution in [2.45, 2.75) is 19.3 Å². The molecule has 4 nitrogen and oxygen atoms in total. The number of likely N-dealkylation sites (N-methyl/N-ethyl adjacent to an activating group) is 1. The highest BCUT2D eigenvalue weighted by Crippen LogP contribution is 2.23. The normalized spacial score (nSPS) is 12.6. The molecule has 92 valence electrons. The topological polar surface area (TPSA) is 59.5 Å². The highest BCUT2D eigenvalue weighted by Gasteiger charge is 2.27. The molecule has 2 aromatic rings. The number of aromatic amines is 1.